The SMILES string of the molecule is Cc1nc([C@H]2O[C@@H](CO)[C@@H](O)[C@@H](n3cc(-c4ccc(Cl)c(F)c4)nn3)[C@@H]2OCCCCCCCCCCO[C@@H]2[C@@H](n3cc(-c4ccc(Cl)c(F)c4)nn3)[C@@H](O)[C@@H](CO)O[C@H]2c2nc(C)nn2-c2cc(Cl)ccc2Cl)n(-c2cc(Cl)ccc2Cl)n1. The van der Waals surface area contributed by atoms with E-state index in [1.165, 1.54) is 43.0 Å². The third kappa shape index (κ3) is 13.6. The Kier molecular flexibility index (Phi) is 20.3. The molecule has 4 aromatic heterocycles. The number of halogens is 8. The number of rotatable bonds is 23. The van der Waals surface area contributed by atoms with Crippen LogP contribution in [-0.4, -0.2) is 143 Å². The molecule has 8 aromatic rings. The maximum atomic E-state index is 14.6. The fourth-order valence-electron chi connectivity index (χ4n) is 10.6. The molecule has 28 heteroatoms. The molecule has 0 spiro atoms. The maximum absolute atomic E-state index is 14.6. The number of hydrogen-bond donors (Lipinski definition) is 4. The second kappa shape index (κ2) is 27.6. The molecular weight excluding hydrogens is 1220 g/mol. The van der Waals surface area contributed by atoms with E-state index in [0.717, 1.165) is 38.5 Å². The van der Waals surface area contributed by atoms with E-state index >= 15 is 0 Å². The van der Waals surface area contributed by atoms with Gasteiger partial charge in [0.1, 0.15) is 95.6 Å². The summed E-state index contributed by atoms with van der Waals surface area (Å²) in [6.45, 7) is 2.76. The molecule has 2 aliphatic rings. The fraction of sp³-hybridized carbons (Fsp3) is 0.429. The van der Waals surface area contributed by atoms with E-state index < -0.39 is 85.8 Å². The summed E-state index contributed by atoms with van der Waals surface area (Å²) in [5.74, 6) is 0.0372. The third-order valence-electron chi connectivity index (χ3n) is 14.7. The lowest BCUT2D eigenvalue weighted by Crippen LogP contribution is -2.54. The van der Waals surface area contributed by atoms with Crippen molar-refractivity contribution in [2.75, 3.05) is 26.4 Å². The molecule has 2 saturated heterocycles. The molecule has 2 fully saturated rings. The van der Waals surface area contributed by atoms with Gasteiger partial charge in [-0.1, -0.05) is 131 Å². The Morgan fingerprint density at radius 3 is 1.29 bits per heavy atom. The highest BCUT2D eigenvalue weighted by Crippen LogP contribution is 2.44. The molecule has 2 aliphatic heterocycles. The Balaban J connectivity index is 0.795. The number of hydrogen-bond acceptors (Lipinski definition) is 16. The first kappa shape index (κ1) is 61.8. The van der Waals surface area contributed by atoms with Gasteiger partial charge in [0.25, 0.3) is 0 Å². The first-order valence-electron chi connectivity index (χ1n) is 27.2. The molecule has 10 rings (SSSR count). The van der Waals surface area contributed by atoms with Crippen molar-refractivity contribution in [1.82, 2.24) is 59.5 Å². The van der Waals surface area contributed by atoms with Gasteiger partial charge in [-0.3, -0.25) is 0 Å². The van der Waals surface area contributed by atoms with Crippen molar-refractivity contribution < 1.29 is 48.2 Å². The van der Waals surface area contributed by atoms with Gasteiger partial charge >= 0.3 is 0 Å². The first-order chi connectivity index (χ1) is 40.5. The predicted octanol–water partition coefficient (Wildman–Crippen LogP) is 10.8. The van der Waals surface area contributed by atoms with Crippen molar-refractivity contribution in [3.8, 4) is 33.9 Å². The maximum Gasteiger partial charge on any atom is 0.164 e. The van der Waals surface area contributed by atoms with Crippen molar-refractivity contribution in [3.05, 3.63) is 150 Å². The van der Waals surface area contributed by atoms with Gasteiger partial charge in [-0.2, -0.15) is 10.2 Å². The predicted molar refractivity (Wildman–Crippen MR) is 309 cm³/mol. The lowest BCUT2D eigenvalue weighted by atomic mass is 9.91. The van der Waals surface area contributed by atoms with Gasteiger partial charge in [0, 0.05) is 34.4 Å². The Labute approximate surface area is 511 Å². The van der Waals surface area contributed by atoms with Gasteiger partial charge in [0.15, 0.2) is 11.6 Å². The number of benzene rings is 4. The van der Waals surface area contributed by atoms with E-state index in [1.54, 1.807) is 74.8 Å². The van der Waals surface area contributed by atoms with E-state index in [0.29, 0.717) is 78.5 Å². The minimum absolute atomic E-state index is 0.0550. The monoisotopic (exact) mass is 1270 g/mol. The standard InChI is InChI=1S/C56H58Cl6F2N12O8/c1-29-65-55(75(69-29)43-23-33(57)13-17-37(43)61)53-51(47(49(79)45(27-77)83-53)73-25-41(67-71-73)31-11-15-35(59)39(63)21-31)81-19-9-7-5-3-4-6-8-10-20-82-52-48(74-26-42(68-72-74)32-12-16-36(60)40(64)22-32)50(80)46(28-78)84-54(52)56-66-30(2)70-76(56)44-24-34(58)14-18-38(44)62/h11-18,21-26,45-54,77-80H,3-10,19-20,27-28H2,1-2H3/t45-,46+,47+,48-,49+,50-,51-,52+,53-,54+. The summed E-state index contributed by atoms with van der Waals surface area (Å²) in [5.41, 5.74) is 2.25. The first-order valence-corrected chi connectivity index (χ1v) is 29.4. The minimum Gasteiger partial charge on any atom is -0.394 e. The highest BCUT2D eigenvalue weighted by molar-refractivity contribution is 6.35. The van der Waals surface area contributed by atoms with Crippen LogP contribution in [0.2, 0.25) is 30.1 Å². The molecule has 84 heavy (non-hydrogen) atoms. The summed E-state index contributed by atoms with van der Waals surface area (Å²) in [4.78, 5) is 9.49. The van der Waals surface area contributed by atoms with Crippen LogP contribution in [0.1, 0.15) is 99.0 Å². The third-order valence-corrected chi connectivity index (χ3v) is 16.4. The smallest absolute Gasteiger partial charge is 0.164 e. The molecule has 0 radical (unpaired) electrons. The summed E-state index contributed by atoms with van der Waals surface area (Å²) in [6.07, 6.45) is 0.631. The highest BCUT2D eigenvalue weighted by atomic mass is 35.5. The lowest BCUT2D eigenvalue weighted by molar-refractivity contribution is -0.224. The van der Waals surface area contributed by atoms with Crippen LogP contribution in [0.4, 0.5) is 8.78 Å². The van der Waals surface area contributed by atoms with Crippen molar-refractivity contribution in [2.24, 2.45) is 0 Å². The highest BCUT2D eigenvalue weighted by Gasteiger charge is 2.51. The Morgan fingerprint density at radius 2 is 0.905 bits per heavy atom. The number of aliphatic hydroxyl groups excluding tert-OH is 4. The second-order valence-electron chi connectivity index (χ2n) is 20.5. The van der Waals surface area contributed by atoms with Gasteiger partial charge in [-0.25, -0.2) is 37.5 Å². The second-order valence-corrected chi connectivity index (χ2v) is 23.0. The number of aryl methyl sites for hydroxylation is 2. The number of aromatic nitrogens is 12. The van der Waals surface area contributed by atoms with Crippen LogP contribution in [0.15, 0.2) is 85.2 Å². The average molecular weight is 1280 g/mol. The molecular formula is C56H58Cl6F2N12O8. The number of ether oxygens (including phenoxy) is 4. The van der Waals surface area contributed by atoms with Crippen LogP contribution >= 0.6 is 69.6 Å². The zero-order valence-electron chi connectivity index (χ0n) is 45.2. The largest absolute Gasteiger partial charge is 0.394 e. The van der Waals surface area contributed by atoms with Crippen molar-refractivity contribution in [3.63, 3.8) is 0 Å². The van der Waals surface area contributed by atoms with Gasteiger partial charge in [-0.05, 0) is 87.4 Å². The molecule has 0 amide bonds. The summed E-state index contributed by atoms with van der Waals surface area (Å²) >= 11 is 38.2. The van der Waals surface area contributed by atoms with Gasteiger partial charge in [0.2, 0.25) is 0 Å². The average Bonchev–Trinajstić information content (AvgIpc) is 3.57. The van der Waals surface area contributed by atoms with E-state index in [2.05, 4.69) is 30.8 Å². The molecule has 0 unspecified atom stereocenters. The number of nitrogens with zero attached hydrogens (tertiary/aromatic N) is 12. The van der Waals surface area contributed by atoms with E-state index in [4.69, 9.17) is 98.5 Å². The molecule has 20 nitrogen and oxygen atoms in total. The normalized spacial score (nSPS) is 22.7. The van der Waals surface area contributed by atoms with Crippen LogP contribution in [-0.2, 0) is 18.9 Å². The van der Waals surface area contributed by atoms with E-state index in [9.17, 15) is 29.2 Å². The zero-order valence-corrected chi connectivity index (χ0v) is 49.7. The summed E-state index contributed by atoms with van der Waals surface area (Å²) < 4.78 is 61.4. The zero-order chi connectivity index (χ0) is 59.3. The minimum atomic E-state index is -1.35. The molecule has 0 bridgehead atoms. The molecule has 10 atom stereocenters. The van der Waals surface area contributed by atoms with E-state index in [-0.39, 0.29) is 34.9 Å². The van der Waals surface area contributed by atoms with Crippen LogP contribution in [0, 0.1) is 25.5 Å². The van der Waals surface area contributed by atoms with E-state index in [1.807, 2.05) is 0 Å². The number of aliphatic hydroxyl groups is 4. The van der Waals surface area contributed by atoms with Crippen molar-refractivity contribution in [2.45, 2.75) is 126 Å². The van der Waals surface area contributed by atoms with Crippen LogP contribution in [0.3, 0.4) is 0 Å². The topological polar surface area (TPSA) is 241 Å². The number of unbranched alkanes of at least 4 members (excludes halogenated alkanes) is 7. The lowest BCUT2D eigenvalue weighted by Gasteiger charge is -2.43. The van der Waals surface area contributed by atoms with Gasteiger partial charge in [0.05, 0.1) is 57.1 Å². The van der Waals surface area contributed by atoms with Crippen molar-refractivity contribution in [1.29, 1.82) is 0 Å². The Morgan fingerprint density at radius 1 is 0.524 bits per heavy atom. The van der Waals surface area contributed by atoms with Crippen LogP contribution in [0.5, 0.6) is 0 Å². The fourth-order valence-corrected chi connectivity index (χ4v) is 11.6. The van der Waals surface area contributed by atoms with Gasteiger partial charge in [-0.15, -0.1) is 10.2 Å². The molecule has 6 heterocycles. The summed E-state index contributed by atoms with van der Waals surface area (Å²) in [6, 6.07) is 16.4. The molecule has 4 aromatic carbocycles. The van der Waals surface area contributed by atoms with Crippen LogP contribution < -0.4 is 0 Å². The summed E-state index contributed by atoms with van der Waals surface area (Å²) in [7, 11) is 0. The molecule has 0 aliphatic carbocycles. The quantitative estimate of drug-likeness (QED) is 0.0435. The van der Waals surface area contributed by atoms with Crippen molar-refractivity contribution >= 4 is 69.6 Å². The Hall–Kier alpha value is -5.28. The molecule has 446 valence electrons. The van der Waals surface area contributed by atoms with Crippen LogP contribution in [0.25, 0.3) is 33.9 Å². The Bertz CT molecular complexity index is 3330. The van der Waals surface area contributed by atoms with Gasteiger partial charge < -0.3 is 39.4 Å². The molecule has 0 saturated carbocycles. The molecule has 4 N–H and O–H groups in total. The summed E-state index contributed by atoms with van der Waals surface area (Å²) in [5, 5.41) is 72.9.